The van der Waals surface area contributed by atoms with Crippen molar-refractivity contribution in [2.45, 2.75) is 0 Å². The molecular formula is C11H8Cl2N6. The minimum atomic E-state index is 0.299. The fraction of sp³-hybridized carbons (Fsp3) is 0. The maximum atomic E-state index is 6.20. The molecule has 0 aliphatic rings. The summed E-state index contributed by atoms with van der Waals surface area (Å²) in [5.74, 6) is 0.299. The van der Waals surface area contributed by atoms with Gasteiger partial charge in [-0.3, -0.25) is 5.10 Å². The minimum absolute atomic E-state index is 0.299. The summed E-state index contributed by atoms with van der Waals surface area (Å²) >= 11 is 12.4. The van der Waals surface area contributed by atoms with Crippen LogP contribution in [-0.2, 0) is 0 Å². The highest BCUT2D eigenvalue weighted by Crippen LogP contribution is 2.41. The van der Waals surface area contributed by atoms with Gasteiger partial charge in [0, 0.05) is 5.56 Å². The van der Waals surface area contributed by atoms with Crippen LogP contribution in [0.2, 0.25) is 10.0 Å². The van der Waals surface area contributed by atoms with Crippen molar-refractivity contribution >= 4 is 29.0 Å². The molecule has 2 heterocycles. The van der Waals surface area contributed by atoms with E-state index in [1.54, 1.807) is 24.4 Å². The van der Waals surface area contributed by atoms with Crippen LogP contribution in [0.4, 0.5) is 5.82 Å². The molecule has 0 radical (unpaired) electrons. The Morgan fingerprint density at radius 1 is 1.05 bits per heavy atom. The molecule has 0 fully saturated rings. The van der Waals surface area contributed by atoms with Gasteiger partial charge in [-0.15, -0.1) is 0 Å². The van der Waals surface area contributed by atoms with Gasteiger partial charge in [0.15, 0.2) is 5.82 Å². The van der Waals surface area contributed by atoms with Gasteiger partial charge in [-0.1, -0.05) is 29.3 Å². The summed E-state index contributed by atoms with van der Waals surface area (Å²) in [6.45, 7) is 0. The molecule has 0 amide bonds. The maximum Gasteiger partial charge on any atom is 0.153 e. The quantitative estimate of drug-likeness (QED) is 0.677. The highest BCUT2D eigenvalue weighted by atomic mass is 35.5. The van der Waals surface area contributed by atoms with E-state index in [0.717, 1.165) is 0 Å². The second-order valence-corrected chi connectivity index (χ2v) is 4.63. The fourth-order valence-corrected chi connectivity index (χ4v) is 2.44. The summed E-state index contributed by atoms with van der Waals surface area (Å²) in [6.07, 6.45) is 1.56. The van der Waals surface area contributed by atoms with E-state index in [4.69, 9.17) is 28.9 Å². The minimum Gasteiger partial charge on any atom is -0.382 e. The number of rotatable bonds is 2. The lowest BCUT2D eigenvalue weighted by Crippen LogP contribution is -1.91. The fourth-order valence-electron chi connectivity index (χ4n) is 1.85. The monoisotopic (exact) mass is 294 g/mol. The van der Waals surface area contributed by atoms with Crippen molar-refractivity contribution in [3.63, 3.8) is 0 Å². The van der Waals surface area contributed by atoms with Crippen molar-refractivity contribution in [3.05, 3.63) is 34.4 Å². The number of nitrogens with two attached hydrogens (primary N) is 1. The summed E-state index contributed by atoms with van der Waals surface area (Å²) < 4.78 is 0. The maximum absolute atomic E-state index is 6.20. The number of nitrogen functional groups attached to an aromatic ring is 1. The molecule has 2 aromatic heterocycles. The van der Waals surface area contributed by atoms with Crippen LogP contribution in [0.1, 0.15) is 0 Å². The zero-order valence-corrected chi connectivity index (χ0v) is 11.0. The van der Waals surface area contributed by atoms with Gasteiger partial charge in [0.05, 0.1) is 27.5 Å². The molecule has 6 nitrogen and oxygen atoms in total. The molecule has 19 heavy (non-hydrogen) atoms. The second-order valence-electron chi connectivity index (χ2n) is 3.81. The van der Waals surface area contributed by atoms with E-state index in [0.29, 0.717) is 38.4 Å². The van der Waals surface area contributed by atoms with Crippen molar-refractivity contribution in [1.29, 1.82) is 0 Å². The average Bonchev–Trinajstić information content (AvgIpc) is 2.99. The van der Waals surface area contributed by atoms with Crippen LogP contribution in [0, 0.1) is 0 Å². The topological polar surface area (TPSA) is 96.3 Å². The van der Waals surface area contributed by atoms with E-state index in [1.165, 1.54) is 0 Å². The van der Waals surface area contributed by atoms with Crippen molar-refractivity contribution in [2.75, 3.05) is 5.73 Å². The Hall–Kier alpha value is -2.05. The molecule has 0 saturated heterocycles. The second kappa shape index (κ2) is 4.56. The summed E-state index contributed by atoms with van der Waals surface area (Å²) in [4.78, 5) is 0. The molecule has 0 aliphatic carbocycles. The summed E-state index contributed by atoms with van der Waals surface area (Å²) in [7, 11) is 0. The predicted molar refractivity (Wildman–Crippen MR) is 73.8 cm³/mol. The van der Waals surface area contributed by atoms with Crippen LogP contribution >= 0.6 is 23.2 Å². The Balaban J connectivity index is 2.29. The Morgan fingerprint density at radius 2 is 1.79 bits per heavy atom. The predicted octanol–water partition coefficient (Wildman–Crippen LogP) is 2.75. The number of halogens is 2. The number of hydrogen-bond acceptors (Lipinski definition) is 4. The molecule has 0 atom stereocenters. The van der Waals surface area contributed by atoms with Crippen LogP contribution in [0.3, 0.4) is 0 Å². The lowest BCUT2D eigenvalue weighted by Gasteiger charge is -2.07. The third kappa shape index (κ3) is 1.94. The zero-order valence-electron chi connectivity index (χ0n) is 9.48. The third-order valence-electron chi connectivity index (χ3n) is 2.68. The number of H-pyrrole nitrogens is 2. The van der Waals surface area contributed by atoms with E-state index in [2.05, 4.69) is 25.6 Å². The first-order chi connectivity index (χ1) is 9.18. The van der Waals surface area contributed by atoms with E-state index in [9.17, 15) is 0 Å². The molecule has 3 aromatic rings. The van der Waals surface area contributed by atoms with E-state index >= 15 is 0 Å². The van der Waals surface area contributed by atoms with Gasteiger partial charge >= 0.3 is 0 Å². The van der Waals surface area contributed by atoms with Crippen molar-refractivity contribution in [3.8, 4) is 22.5 Å². The number of aromatic nitrogens is 5. The molecule has 0 unspecified atom stereocenters. The van der Waals surface area contributed by atoms with Crippen LogP contribution in [0.25, 0.3) is 22.5 Å². The number of anilines is 1. The lowest BCUT2D eigenvalue weighted by molar-refractivity contribution is 0.940. The normalized spacial score (nSPS) is 10.8. The molecule has 4 N–H and O–H groups in total. The van der Waals surface area contributed by atoms with Gasteiger partial charge in [-0.2, -0.15) is 20.5 Å². The highest BCUT2D eigenvalue weighted by molar-refractivity contribution is 6.39. The molecule has 96 valence electrons. The third-order valence-corrected chi connectivity index (χ3v) is 3.31. The first kappa shape index (κ1) is 12.0. The average molecular weight is 295 g/mol. The van der Waals surface area contributed by atoms with Gasteiger partial charge < -0.3 is 5.73 Å². The smallest absolute Gasteiger partial charge is 0.153 e. The van der Waals surface area contributed by atoms with Gasteiger partial charge in [0.1, 0.15) is 5.69 Å². The molecule has 1 aromatic carbocycles. The number of aromatic amines is 2. The van der Waals surface area contributed by atoms with Crippen molar-refractivity contribution in [1.82, 2.24) is 25.6 Å². The molecule has 0 aliphatic heterocycles. The Labute approximate surface area is 117 Å². The molecule has 0 spiro atoms. The van der Waals surface area contributed by atoms with Crippen LogP contribution < -0.4 is 5.73 Å². The highest BCUT2D eigenvalue weighted by Gasteiger charge is 2.20. The van der Waals surface area contributed by atoms with E-state index in [-0.39, 0.29) is 0 Å². The SMILES string of the molecule is Nc1n[nH]c(-c2cn[nH]n2)c1-c1c(Cl)cccc1Cl. The Morgan fingerprint density at radius 3 is 2.42 bits per heavy atom. The summed E-state index contributed by atoms with van der Waals surface area (Å²) in [6, 6.07) is 5.24. The summed E-state index contributed by atoms with van der Waals surface area (Å²) in [5.41, 5.74) is 8.33. The number of hydrogen-bond donors (Lipinski definition) is 3. The Bertz CT molecular complexity index is 699. The van der Waals surface area contributed by atoms with E-state index in [1.807, 2.05) is 0 Å². The first-order valence-electron chi connectivity index (χ1n) is 5.33. The molecule has 3 rings (SSSR count). The first-order valence-corrected chi connectivity index (χ1v) is 6.08. The zero-order chi connectivity index (χ0) is 13.4. The number of benzene rings is 1. The van der Waals surface area contributed by atoms with Crippen molar-refractivity contribution < 1.29 is 0 Å². The standard InChI is InChI=1S/C11H8Cl2N6/c12-5-2-1-3-6(13)8(5)9-10(17-18-11(9)14)7-4-15-19-16-7/h1-4H,(H3,14,17,18)(H,15,16,19). The molecule has 0 saturated carbocycles. The van der Waals surface area contributed by atoms with Gasteiger partial charge in [-0.25, -0.2) is 0 Å². The van der Waals surface area contributed by atoms with Crippen LogP contribution in [0.5, 0.6) is 0 Å². The lowest BCUT2D eigenvalue weighted by atomic mass is 10.0. The van der Waals surface area contributed by atoms with E-state index < -0.39 is 0 Å². The van der Waals surface area contributed by atoms with Gasteiger partial charge in [-0.05, 0) is 12.1 Å². The number of nitrogens with zero attached hydrogens (tertiary/aromatic N) is 3. The molecular weight excluding hydrogens is 287 g/mol. The van der Waals surface area contributed by atoms with Gasteiger partial charge in [0.2, 0.25) is 0 Å². The molecule has 0 bridgehead atoms. The summed E-state index contributed by atoms with van der Waals surface area (Å²) in [5, 5.41) is 18.1. The number of nitrogens with one attached hydrogen (secondary N) is 2. The Kier molecular flexibility index (Phi) is 2.88. The van der Waals surface area contributed by atoms with Crippen molar-refractivity contribution in [2.24, 2.45) is 0 Å². The molecule has 8 heteroatoms. The van der Waals surface area contributed by atoms with Gasteiger partial charge in [0.25, 0.3) is 0 Å². The van der Waals surface area contributed by atoms with Crippen LogP contribution in [0.15, 0.2) is 24.4 Å². The van der Waals surface area contributed by atoms with Crippen LogP contribution in [-0.4, -0.2) is 25.6 Å². The largest absolute Gasteiger partial charge is 0.382 e.